The molecule has 1 aliphatic carbocycles. The van der Waals surface area contributed by atoms with E-state index in [0.717, 1.165) is 17.7 Å². The summed E-state index contributed by atoms with van der Waals surface area (Å²) in [7, 11) is 0. The second kappa shape index (κ2) is 3.50. The van der Waals surface area contributed by atoms with Crippen LogP contribution in [0.15, 0.2) is 12.3 Å². The number of rotatable bonds is 1. The monoisotopic (exact) mass is 229 g/mol. The van der Waals surface area contributed by atoms with E-state index in [2.05, 4.69) is 24.3 Å². The standard InChI is InChI=1S/C15H19NO/c1-6-15(4,5)16-8-7-11-12(16)9-14(2,3)10-13(11)17/h1,7-8H,9-10H2,2-5H3. The van der Waals surface area contributed by atoms with E-state index in [-0.39, 0.29) is 16.7 Å². The Hall–Kier alpha value is -1.49. The lowest BCUT2D eigenvalue weighted by Gasteiger charge is -2.32. The average Bonchev–Trinajstić information content (AvgIpc) is 2.60. The molecular formula is C15H19NO. The van der Waals surface area contributed by atoms with Gasteiger partial charge in [0.25, 0.3) is 0 Å². The molecule has 1 aromatic heterocycles. The van der Waals surface area contributed by atoms with Crippen LogP contribution in [0.2, 0.25) is 0 Å². The lowest BCUT2D eigenvalue weighted by atomic mass is 9.76. The summed E-state index contributed by atoms with van der Waals surface area (Å²) in [4.78, 5) is 12.1. The van der Waals surface area contributed by atoms with Crippen molar-refractivity contribution >= 4 is 5.78 Å². The SMILES string of the molecule is C#CC(C)(C)n1ccc2c1CC(C)(C)CC2=O. The van der Waals surface area contributed by atoms with Crippen LogP contribution in [0.25, 0.3) is 0 Å². The molecule has 0 saturated heterocycles. The summed E-state index contributed by atoms with van der Waals surface area (Å²) >= 11 is 0. The van der Waals surface area contributed by atoms with Gasteiger partial charge in [0.2, 0.25) is 0 Å². The summed E-state index contributed by atoms with van der Waals surface area (Å²) in [5.41, 5.74) is 1.61. The van der Waals surface area contributed by atoms with E-state index < -0.39 is 0 Å². The highest BCUT2D eigenvalue weighted by Crippen LogP contribution is 2.36. The fourth-order valence-corrected chi connectivity index (χ4v) is 2.54. The Morgan fingerprint density at radius 2 is 2.06 bits per heavy atom. The van der Waals surface area contributed by atoms with E-state index in [1.54, 1.807) is 0 Å². The van der Waals surface area contributed by atoms with Gasteiger partial charge in [-0.2, -0.15) is 0 Å². The largest absolute Gasteiger partial charge is 0.334 e. The van der Waals surface area contributed by atoms with Gasteiger partial charge in [-0.05, 0) is 31.7 Å². The van der Waals surface area contributed by atoms with Gasteiger partial charge in [-0.3, -0.25) is 4.79 Å². The second-order valence-corrected chi connectivity index (χ2v) is 6.19. The molecule has 1 aromatic rings. The Morgan fingerprint density at radius 3 is 2.65 bits per heavy atom. The Bertz CT molecular complexity index is 512. The predicted molar refractivity (Wildman–Crippen MR) is 69.0 cm³/mol. The van der Waals surface area contributed by atoms with Crippen LogP contribution in [0.4, 0.5) is 0 Å². The van der Waals surface area contributed by atoms with Gasteiger partial charge in [0.1, 0.15) is 0 Å². The van der Waals surface area contributed by atoms with Crippen LogP contribution in [0.1, 0.15) is 50.2 Å². The van der Waals surface area contributed by atoms with Crippen LogP contribution in [0.3, 0.4) is 0 Å². The molecule has 0 N–H and O–H groups in total. The molecule has 0 unspecified atom stereocenters. The van der Waals surface area contributed by atoms with Crippen molar-refractivity contribution in [1.82, 2.24) is 4.57 Å². The summed E-state index contributed by atoms with van der Waals surface area (Å²) in [5.74, 6) is 3.03. The van der Waals surface area contributed by atoms with Crippen molar-refractivity contribution in [2.45, 2.75) is 46.1 Å². The van der Waals surface area contributed by atoms with Gasteiger partial charge >= 0.3 is 0 Å². The van der Waals surface area contributed by atoms with Gasteiger partial charge in [0, 0.05) is 23.9 Å². The molecule has 0 spiro atoms. The zero-order valence-corrected chi connectivity index (χ0v) is 11.0. The number of hydrogen-bond donors (Lipinski definition) is 0. The number of ketones is 1. The van der Waals surface area contributed by atoms with Crippen molar-refractivity contribution in [3.63, 3.8) is 0 Å². The molecule has 0 aromatic carbocycles. The first kappa shape index (κ1) is 12.0. The summed E-state index contributed by atoms with van der Waals surface area (Å²) in [5, 5.41) is 0. The molecule has 0 saturated carbocycles. The maximum absolute atomic E-state index is 12.1. The third-order valence-electron chi connectivity index (χ3n) is 3.53. The second-order valence-electron chi connectivity index (χ2n) is 6.19. The Balaban J connectivity index is 2.56. The van der Waals surface area contributed by atoms with Gasteiger partial charge in [0.15, 0.2) is 5.78 Å². The van der Waals surface area contributed by atoms with E-state index in [9.17, 15) is 4.79 Å². The molecule has 0 aliphatic heterocycles. The van der Waals surface area contributed by atoms with Crippen molar-refractivity contribution in [2.75, 3.05) is 0 Å². The fourth-order valence-electron chi connectivity index (χ4n) is 2.54. The Labute approximate surface area is 103 Å². The zero-order chi connectivity index (χ0) is 12.8. The normalized spacial score (nSPS) is 18.6. The quantitative estimate of drug-likeness (QED) is 0.678. The number of carbonyl (C=O) groups is 1. The Morgan fingerprint density at radius 1 is 1.41 bits per heavy atom. The third-order valence-corrected chi connectivity index (χ3v) is 3.53. The Kier molecular flexibility index (Phi) is 2.47. The molecule has 17 heavy (non-hydrogen) atoms. The minimum Gasteiger partial charge on any atom is -0.334 e. The molecule has 0 amide bonds. The molecule has 0 atom stereocenters. The van der Waals surface area contributed by atoms with Crippen molar-refractivity contribution < 1.29 is 4.79 Å². The lowest BCUT2D eigenvalue weighted by molar-refractivity contribution is 0.0909. The highest BCUT2D eigenvalue weighted by atomic mass is 16.1. The summed E-state index contributed by atoms with van der Waals surface area (Å²) < 4.78 is 2.07. The van der Waals surface area contributed by atoms with Crippen LogP contribution >= 0.6 is 0 Å². The fraction of sp³-hybridized carbons (Fsp3) is 0.533. The molecule has 1 aliphatic rings. The first-order valence-electron chi connectivity index (χ1n) is 5.98. The number of nitrogens with zero attached hydrogens (tertiary/aromatic N) is 1. The molecule has 90 valence electrons. The number of carbonyl (C=O) groups excluding carboxylic acids is 1. The van der Waals surface area contributed by atoms with Gasteiger partial charge in [-0.1, -0.05) is 19.8 Å². The number of terminal acetylenes is 1. The van der Waals surface area contributed by atoms with Gasteiger partial charge in [-0.15, -0.1) is 6.42 Å². The molecule has 2 rings (SSSR count). The first-order chi connectivity index (χ1) is 7.77. The highest BCUT2D eigenvalue weighted by Gasteiger charge is 2.35. The molecule has 1 heterocycles. The molecule has 0 radical (unpaired) electrons. The van der Waals surface area contributed by atoms with Gasteiger partial charge in [-0.25, -0.2) is 0 Å². The lowest BCUT2D eigenvalue weighted by Crippen LogP contribution is -2.32. The molecular weight excluding hydrogens is 210 g/mol. The smallest absolute Gasteiger partial charge is 0.165 e. The van der Waals surface area contributed by atoms with Crippen molar-refractivity contribution in [2.24, 2.45) is 5.41 Å². The zero-order valence-electron chi connectivity index (χ0n) is 11.0. The maximum Gasteiger partial charge on any atom is 0.165 e. The topological polar surface area (TPSA) is 22.0 Å². The number of fused-ring (bicyclic) bond motifs is 1. The minimum absolute atomic E-state index is 0.0326. The van der Waals surface area contributed by atoms with E-state index in [0.29, 0.717) is 6.42 Å². The number of hydrogen-bond acceptors (Lipinski definition) is 1. The molecule has 0 bridgehead atoms. The minimum atomic E-state index is -0.374. The molecule has 0 fully saturated rings. The van der Waals surface area contributed by atoms with Gasteiger partial charge < -0.3 is 4.57 Å². The number of aromatic nitrogens is 1. The number of Topliss-reactive ketones (excluding diaryl/α,β-unsaturated/α-hetero) is 1. The van der Waals surface area contributed by atoms with Crippen molar-refractivity contribution in [3.05, 3.63) is 23.5 Å². The average molecular weight is 229 g/mol. The van der Waals surface area contributed by atoms with E-state index in [4.69, 9.17) is 6.42 Å². The van der Waals surface area contributed by atoms with Crippen LogP contribution in [-0.4, -0.2) is 10.4 Å². The summed E-state index contributed by atoms with van der Waals surface area (Å²) in [6, 6.07) is 1.91. The van der Waals surface area contributed by atoms with Crippen LogP contribution < -0.4 is 0 Å². The van der Waals surface area contributed by atoms with Crippen LogP contribution in [0, 0.1) is 17.8 Å². The van der Waals surface area contributed by atoms with Crippen LogP contribution in [0.5, 0.6) is 0 Å². The predicted octanol–water partition coefficient (Wildman–Crippen LogP) is 3.01. The molecule has 2 nitrogen and oxygen atoms in total. The van der Waals surface area contributed by atoms with E-state index in [1.165, 1.54) is 0 Å². The van der Waals surface area contributed by atoms with Crippen molar-refractivity contribution in [1.29, 1.82) is 0 Å². The third kappa shape index (κ3) is 1.91. The summed E-state index contributed by atoms with van der Waals surface area (Å²) in [6.45, 7) is 8.26. The highest BCUT2D eigenvalue weighted by molar-refractivity contribution is 5.98. The molecule has 2 heteroatoms. The van der Waals surface area contributed by atoms with E-state index in [1.807, 2.05) is 26.1 Å². The van der Waals surface area contributed by atoms with E-state index >= 15 is 0 Å². The summed E-state index contributed by atoms with van der Waals surface area (Å²) in [6.07, 6.45) is 9.06. The maximum atomic E-state index is 12.1. The van der Waals surface area contributed by atoms with Crippen LogP contribution in [-0.2, 0) is 12.0 Å². The van der Waals surface area contributed by atoms with Gasteiger partial charge in [0.05, 0.1) is 5.54 Å². The van der Waals surface area contributed by atoms with Crippen molar-refractivity contribution in [3.8, 4) is 12.3 Å². The first-order valence-corrected chi connectivity index (χ1v) is 5.98.